The SMILES string of the molecule is COC(=O)c1cc(C2(CCN)CC2)n(C)n1. The van der Waals surface area contributed by atoms with E-state index < -0.39 is 0 Å². The first-order chi connectivity index (χ1) is 7.63. The minimum absolute atomic E-state index is 0.156. The summed E-state index contributed by atoms with van der Waals surface area (Å²) >= 11 is 0. The quantitative estimate of drug-likeness (QED) is 0.758. The first kappa shape index (κ1) is 11.1. The van der Waals surface area contributed by atoms with Crippen LogP contribution in [0.1, 0.15) is 35.4 Å². The number of ether oxygens (including phenoxy) is 1. The van der Waals surface area contributed by atoms with Crippen LogP contribution in [0, 0.1) is 0 Å². The zero-order valence-electron chi connectivity index (χ0n) is 9.69. The average molecular weight is 223 g/mol. The van der Waals surface area contributed by atoms with Gasteiger partial charge in [-0.25, -0.2) is 4.79 Å². The minimum atomic E-state index is -0.384. The molecule has 1 heterocycles. The van der Waals surface area contributed by atoms with Gasteiger partial charge in [-0.15, -0.1) is 0 Å². The lowest BCUT2D eigenvalue weighted by atomic mass is 9.98. The molecule has 0 radical (unpaired) electrons. The molecular formula is C11H17N3O2. The van der Waals surface area contributed by atoms with Crippen LogP contribution in [0.3, 0.4) is 0 Å². The van der Waals surface area contributed by atoms with Gasteiger partial charge in [0.05, 0.1) is 7.11 Å². The maximum absolute atomic E-state index is 11.4. The van der Waals surface area contributed by atoms with Gasteiger partial charge < -0.3 is 10.5 Å². The highest BCUT2D eigenvalue weighted by Crippen LogP contribution is 2.50. The maximum Gasteiger partial charge on any atom is 0.358 e. The Morgan fingerprint density at radius 1 is 1.69 bits per heavy atom. The summed E-state index contributed by atoms with van der Waals surface area (Å²) in [6, 6.07) is 1.83. The van der Waals surface area contributed by atoms with Gasteiger partial charge in [-0.2, -0.15) is 5.10 Å². The summed E-state index contributed by atoms with van der Waals surface area (Å²) in [5.74, 6) is -0.384. The highest BCUT2D eigenvalue weighted by Gasteiger charge is 2.46. The predicted molar refractivity (Wildman–Crippen MR) is 59.1 cm³/mol. The molecule has 2 N–H and O–H groups in total. The van der Waals surface area contributed by atoms with Gasteiger partial charge in [0.1, 0.15) is 0 Å². The average Bonchev–Trinajstić information content (AvgIpc) is 2.94. The third-order valence-corrected chi connectivity index (χ3v) is 3.29. The highest BCUT2D eigenvalue weighted by atomic mass is 16.5. The van der Waals surface area contributed by atoms with Crippen molar-refractivity contribution in [3.63, 3.8) is 0 Å². The van der Waals surface area contributed by atoms with Crippen molar-refractivity contribution in [3.05, 3.63) is 17.5 Å². The van der Waals surface area contributed by atoms with E-state index in [1.165, 1.54) is 7.11 Å². The van der Waals surface area contributed by atoms with E-state index in [0.29, 0.717) is 12.2 Å². The first-order valence-electron chi connectivity index (χ1n) is 5.46. The van der Waals surface area contributed by atoms with Crippen molar-refractivity contribution < 1.29 is 9.53 Å². The van der Waals surface area contributed by atoms with Gasteiger partial charge in [-0.1, -0.05) is 0 Å². The smallest absolute Gasteiger partial charge is 0.358 e. The van der Waals surface area contributed by atoms with Crippen molar-refractivity contribution in [2.24, 2.45) is 12.8 Å². The molecule has 1 aromatic heterocycles. The number of esters is 1. The van der Waals surface area contributed by atoms with Crippen molar-refractivity contribution >= 4 is 5.97 Å². The normalized spacial score (nSPS) is 17.2. The zero-order chi connectivity index (χ0) is 11.8. The summed E-state index contributed by atoms with van der Waals surface area (Å²) < 4.78 is 6.43. The van der Waals surface area contributed by atoms with Crippen LogP contribution in [0.4, 0.5) is 0 Å². The molecule has 0 aliphatic heterocycles. The number of carbonyl (C=O) groups excluding carboxylic acids is 1. The lowest BCUT2D eigenvalue weighted by Gasteiger charge is -2.13. The lowest BCUT2D eigenvalue weighted by molar-refractivity contribution is 0.0593. The first-order valence-corrected chi connectivity index (χ1v) is 5.46. The summed E-state index contributed by atoms with van der Waals surface area (Å²) in [5.41, 5.74) is 7.24. The second kappa shape index (κ2) is 3.90. The van der Waals surface area contributed by atoms with E-state index in [1.807, 2.05) is 13.1 Å². The van der Waals surface area contributed by atoms with Crippen molar-refractivity contribution in [2.45, 2.75) is 24.7 Å². The molecule has 88 valence electrons. The van der Waals surface area contributed by atoms with E-state index in [-0.39, 0.29) is 11.4 Å². The summed E-state index contributed by atoms with van der Waals surface area (Å²) in [4.78, 5) is 11.4. The van der Waals surface area contributed by atoms with Gasteiger partial charge in [0.25, 0.3) is 0 Å². The molecule has 1 aliphatic rings. The highest BCUT2D eigenvalue weighted by molar-refractivity contribution is 5.87. The van der Waals surface area contributed by atoms with Gasteiger partial charge in [0.15, 0.2) is 5.69 Å². The number of carbonyl (C=O) groups is 1. The van der Waals surface area contributed by atoms with Crippen LogP contribution in [0.5, 0.6) is 0 Å². The Morgan fingerprint density at radius 3 is 2.88 bits per heavy atom. The predicted octanol–water partition coefficient (Wildman–Crippen LogP) is 0.587. The van der Waals surface area contributed by atoms with E-state index in [4.69, 9.17) is 5.73 Å². The molecule has 0 spiro atoms. The van der Waals surface area contributed by atoms with Crippen LogP contribution in [-0.2, 0) is 17.2 Å². The molecule has 0 atom stereocenters. The Hall–Kier alpha value is -1.36. The fourth-order valence-corrected chi connectivity index (χ4v) is 2.23. The fraction of sp³-hybridized carbons (Fsp3) is 0.636. The molecule has 0 bridgehead atoms. The van der Waals surface area contributed by atoms with E-state index in [9.17, 15) is 4.79 Å². The van der Waals surface area contributed by atoms with Gasteiger partial charge in [0.2, 0.25) is 0 Å². The molecule has 0 amide bonds. The van der Waals surface area contributed by atoms with Crippen molar-refractivity contribution in [2.75, 3.05) is 13.7 Å². The number of nitrogens with two attached hydrogens (primary N) is 1. The van der Waals surface area contributed by atoms with Crippen LogP contribution in [0.25, 0.3) is 0 Å². The summed E-state index contributed by atoms with van der Waals surface area (Å²) in [5, 5.41) is 4.17. The molecule has 1 saturated carbocycles. The largest absolute Gasteiger partial charge is 0.464 e. The number of methoxy groups -OCH3 is 1. The van der Waals surface area contributed by atoms with Crippen LogP contribution in [0.2, 0.25) is 0 Å². The van der Waals surface area contributed by atoms with Gasteiger partial charge in [0, 0.05) is 18.2 Å². The van der Waals surface area contributed by atoms with Crippen LogP contribution in [0.15, 0.2) is 6.07 Å². The Bertz CT molecular complexity index is 407. The number of aromatic nitrogens is 2. The van der Waals surface area contributed by atoms with E-state index in [2.05, 4.69) is 9.84 Å². The maximum atomic E-state index is 11.4. The molecule has 0 unspecified atom stereocenters. The number of hydrogen-bond donors (Lipinski definition) is 1. The second-order valence-corrected chi connectivity index (χ2v) is 4.35. The number of rotatable bonds is 4. The van der Waals surface area contributed by atoms with Gasteiger partial charge >= 0.3 is 5.97 Å². The molecule has 1 aliphatic carbocycles. The van der Waals surface area contributed by atoms with Crippen LogP contribution in [-0.4, -0.2) is 29.4 Å². The minimum Gasteiger partial charge on any atom is -0.464 e. The molecule has 1 aromatic rings. The third kappa shape index (κ3) is 1.71. The zero-order valence-corrected chi connectivity index (χ0v) is 9.69. The summed E-state index contributed by atoms with van der Waals surface area (Å²) in [7, 11) is 3.22. The molecule has 16 heavy (non-hydrogen) atoms. The number of nitrogens with zero attached hydrogens (tertiary/aromatic N) is 2. The topological polar surface area (TPSA) is 70.1 Å². The van der Waals surface area contributed by atoms with Crippen LogP contribution < -0.4 is 5.73 Å². The monoisotopic (exact) mass is 223 g/mol. The van der Waals surface area contributed by atoms with Crippen molar-refractivity contribution in [1.82, 2.24) is 9.78 Å². The van der Waals surface area contributed by atoms with Gasteiger partial charge in [-0.3, -0.25) is 4.68 Å². The molecular weight excluding hydrogens is 206 g/mol. The summed E-state index contributed by atoms with van der Waals surface area (Å²) in [6.45, 7) is 0.665. The van der Waals surface area contributed by atoms with Crippen molar-refractivity contribution in [3.8, 4) is 0 Å². The molecule has 0 aromatic carbocycles. The number of hydrogen-bond acceptors (Lipinski definition) is 4. The van der Waals surface area contributed by atoms with E-state index in [1.54, 1.807) is 4.68 Å². The molecule has 1 fully saturated rings. The Balaban J connectivity index is 2.29. The van der Waals surface area contributed by atoms with E-state index in [0.717, 1.165) is 25.0 Å². The fourth-order valence-electron chi connectivity index (χ4n) is 2.23. The number of aryl methyl sites for hydroxylation is 1. The second-order valence-electron chi connectivity index (χ2n) is 4.35. The molecule has 5 heteroatoms. The molecule has 5 nitrogen and oxygen atoms in total. The van der Waals surface area contributed by atoms with Crippen LogP contribution >= 0.6 is 0 Å². The van der Waals surface area contributed by atoms with Crippen molar-refractivity contribution in [1.29, 1.82) is 0 Å². The summed E-state index contributed by atoms with van der Waals surface area (Å²) in [6.07, 6.45) is 3.21. The Kier molecular flexibility index (Phi) is 2.71. The Morgan fingerprint density at radius 2 is 2.38 bits per heavy atom. The molecule has 2 rings (SSSR count). The molecule has 0 saturated heterocycles. The standard InChI is InChI=1S/C11H17N3O2/c1-14-9(11(3-4-11)5-6-12)7-8(13-14)10(15)16-2/h7H,3-6,12H2,1-2H3. The lowest BCUT2D eigenvalue weighted by Crippen LogP contribution is -2.16. The Labute approximate surface area is 94.6 Å². The van der Waals surface area contributed by atoms with E-state index >= 15 is 0 Å². The third-order valence-electron chi connectivity index (χ3n) is 3.29. The van der Waals surface area contributed by atoms with Gasteiger partial charge in [-0.05, 0) is 31.9 Å².